The molecule has 27 heavy (non-hydrogen) atoms. The number of benzene rings is 2. The number of ether oxygens (including phenoxy) is 2. The Kier molecular flexibility index (Phi) is 6.65. The first-order chi connectivity index (χ1) is 13.2. The van der Waals surface area contributed by atoms with Crippen molar-refractivity contribution in [3.63, 3.8) is 0 Å². The molecule has 2 aromatic carbocycles. The minimum atomic E-state index is -0.273. The van der Waals surface area contributed by atoms with Crippen LogP contribution in [-0.2, 0) is 4.79 Å². The van der Waals surface area contributed by atoms with E-state index in [0.717, 1.165) is 43.8 Å². The summed E-state index contributed by atoms with van der Waals surface area (Å²) in [5.41, 5.74) is 0.771. The van der Waals surface area contributed by atoms with Crippen LogP contribution >= 0.6 is 0 Å². The van der Waals surface area contributed by atoms with E-state index in [1.807, 2.05) is 24.3 Å². The maximum atomic E-state index is 12.9. The monoisotopic (exact) mass is 372 g/mol. The molecule has 1 heterocycles. The maximum absolute atomic E-state index is 12.9. The van der Waals surface area contributed by atoms with Crippen LogP contribution in [0.5, 0.6) is 11.5 Å². The number of anilines is 1. The van der Waals surface area contributed by atoms with Gasteiger partial charge in [-0.1, -0.05) is 0 Å². The first-order valence-electron chi connectivity index (χ1n) is 9.23. The van der Waals surface area contributed by atoms with Crippen molar-refractivity contribution in [1.82, 2.24) is 4.90 Å². The summed E-state index contributed by atoms with van der Waals surface area (Å²) in [7, 11) is 1.61. The standard InChI is InChI=1S/C21H25FN2O3/c1-26-18-11-7-17(8-12-18)23-21(25)20-4-2-13-24(20)14-3-15-27-19-9-5-16(22)6-10-19/h5-12,20H,2-4,13-15H2,1H3,(H,23,25). The van der Waals surface area contributed by atoms with Crippen LogP contribution in [0.15, 0.2) is 48.5 Å². The molecule has 0 saturated carbocycles. The molecule has 2 aromatic rings. The smallest absolute Gasteiger partial charge is 0.241 e. The average Bonchev–Trinajstić information content (AvgIpc) is 3.16. The van der Waals surface area contributed by atoms with E-state index in [9.17, 15) is 9.18 Å². The highest BCUT2D eigenvalue weighted by Crippen LogP contribution is 2.21. The molecule has 6 heteroatoms. The second-order valence-electron chi connectivity index (χ2n) is 6.57. The van der Waals surface area contributed by atoms with Crippen LogP contribution in [0.4, 0.5) is 10.1 Å². The normalized spacial score (nSPS) is 16.9. The second kappa shape index (κ2) is 9.37. The number of carbonyl (C=O) groups is 1. The number of likely N-dealkylation sites (tertiary alicyclic amines) is 1. The van der Waals surface area contributed by atoms with Crippen LogP contribution in [0.2, 0.25) is 0 Å². The van der Waals surface area contributed by atoms with Crippen LogP contribution in [0.1, 0.15) is 19.3 Å². The fraction of sp³-hybridized carbons (Fsp3) is 0.381. The first kappa shape index (κ1) is 19.2. The Morgan fingerprint density at radius 2 is 1.85 bits per heavy atom. The Labute approximate surface area is 159 Å². The summed E-state index contributed by atoms with van der Waals surface area (Å²) in [6.07, 6.45) is 2.68. The third-order valence-electron chi connectivity index (χ3n) is 4.70. The highest BCUT2D eigenvalue weighted by Gasteiger charge is 2.30. The maximum Gasteiger partial charge on any atom is 0.241 e. The van der Waals surface area contributed by atoms with Gasteiger partial charge in [0.2, 0.25) is 5.91 Å². The number of hydrogen-bond donors (Lipinski definition) is 1. The van der Waals surface area contributed by atoms with E-state index in [4.69, 9.17) is 9.47 Å². The van der Waals surface area contributed by atoms with E-state index in [2.05, 4.69) is 10.2 Å². The number of nitrogens with one attached hydrogen (secondary N) is 1. The number of rotatable bonds is 8. The van der Waals surface area contributed by atoms with Gasteiger partial charge in [0, 0.05) is 12.2 Å². The highest BCUT2D eigenvalue weighted by atomic mass is 19.1. The minimum absolute atomic E-state index is 0.0251. The summed E-state index contributed by atoms with van der Waals surface area (Å²) >= 11 is 0. The zero-order valence-electron chi connectivity index (χ0n) is 15.5. The minimum Gasteiger partial charge on any atom is -0.497 e. The van der Waals surface area contributed by atoms with Crippen molar-refractivity contribution in [3.8, 4) is 11.5 Å². The molecule has 1 atom stereocenters. The quantitative estimate of drug-likeness (QED) is 0.718. The zero-order valence-corrected chi connectivity index (χ0v) is 15.5. The van der Waals surface area contributed by atoms with Crippen LogP contribution in [0.25, 0.3) is 0 Å². The summed E-state index contributed by atoms with van der Waals surface area (Å²) in [4.78, 5) is 14.8. The van der Waals surface area contributed by atoms with Crippen LogP contribution in [0.3, 0.4) is 0 Å². The molecule has 1 amide bonds. The van der Waals surface area contributed by atoms with Crippen LogP contribution in [-0.4, -0.2) is 43.7 Å². The number of amides is 1. The van der Waals surface area contributed by atoms with Crippen molar-refractivity contribution < 1.29 is 18.7 Å². The Morgan fingerprint density at radius 1 is 1.15 bits per heavy atom. The van der Waals surface area contributed by atoms with Crippen molar-refractivity contribution >= 4 is 11.6 Å². The number of methoxy groups -OCH3 is 1. The van der Waals surface area contributed by atoms with Crippen molar-refractivity contribution in [3.05, 3.63) is 54.3 Å². The lowest BCUT2D eigenvalue weighted by Crippen LogP contribution is -2.40. The van der Waals surface area contributed by atoms with E-state index in [-0.39, 0.29) is 17.8 Å². The first-order valence-corrected chi connectivity index (χ1v) is 9.23. The summed E-state index contributed by atoms with van der Waals surface area (Å²) in [6, 6.07) is 13.2. The van der Waals surface area contributed by atoms with Crippen molar-refractivity contribution in [2.45, 2.75) is 25.3 Å². The molecule has 1 unspecified atom stereocenters. The largest absolute Gasteiger partial charge is 0.497 e. The van der Waals surface area contributed by atoms with Crippen molar-refractivity contribution in [1.29, 1.82) is 0 Å². The molecular weight excluding hydrogens is 347 g/mol. The third kappa shape index (κ3) is 5.44. The number of halogens is 1. The van der Waals surface area contributed by atoms with Gasteiger partial charge in [-0.25, -0.2) is 4.39 Å². The van der Waals surface area contributed by atoms with E-state index in [1.54, 1.807) is 19.2 Å². The number of hydrogen-bond acceptors (Lipinski definition) is 4. The molecule has 0 spiro atoms. The van der Waals surface area contributed by atoms with E-state index >= 15 is 0 Å². The molecule has 3 rings (SSSR count). The molecule has 5 nitrogen and oxygen atoms in total. The summed E-state index contributed by atoms with van der Waals surface area (Å²) in [6.45, 7) is 2.24. The molecule has 1 fully saturated rings. The summed E-state index contributed by atoms with van der Waals surface area (Å²) < 4.78 is 23.6. The molecule has 0 aliphatic carbocycles. The molecule has 1 saturated heterocycles. The molecule has 0 aromatic heterocycles. The van der Waals surface area contributed by atoms with E-state index < -0.39 is 0 Å². The SMILES string of the molecule is COc1ccc(NC(=O)C2CCCN2CCCOc2ccc(F)cc2)cc1. The number of carbonyl (C=O) groups excluding carboxylic acids is 1. The molecule has 1 N–H and O–H groups in total. The summed E-state index contributed by atoms with van der Waals surface area (Å²) in [5.74, 6) is 1.17. The summed E-state index contributed by atoms with van der Waals surface area (Å²) in [5, 5.41) is 2.98. The fourth-order valence-electron chi connectivity index (χ4n) is 3.28. The van der Waals surface area contributed by atoms with Gasteiger partial charge in [-0.05, 0) is 74.3 Å². The highest BCUT2D eigenvalue weighted by molar-refractivity contribution is 5.95. The molecule has 0 bridgehead atoms. The van der Waals surface area contributed by atoms with Gasteiger partial charge in [-0.2, -0.15) is 0 Å². The van der Waals surface area contributed by atoms with Gasteiger partial charge < -0.3 is 14.8 Å². The zero-order chi connectivity index (χ0) is 19.1. The Bertz CT molecular complexity index is 734. The van der Waals surface area contributed by atoms with Crippen LogP contribution in [0, 0.1) is 5.82 Å². The lowest BCUT2D eigenvalue weighted by Gasteiger charge is -2.23. The van der Waals surface area contributed by atoms with Gasteiger partial charge in [0.15, 0.2) is 0 Å². The van der Waals surface area contributed by atoms with Gasteiger partial charge >= 0.3 is 0 Å². The average molecular weight is 372 g/mol. The second-order valence-corrected chi connectivity index (χ2v) is 6.57. The molecular formula is C21H25FN2O3. The Morgan fingerprint density at radius 3 is 2.56 bits per heavy atom. The molecule has 1 aliphatic rings. The van der Waals surface area contributed by atoms with Gasteiger partial charge in [0.1, 0.15) is 17.3 Å². The lowest BCUT2D eigenvalue weighted by molar-refractivity contribution is -0.120. The van der Waals surface area contributed by atoms with Crippen molar-refractivity contribution in [2.24, 2.45) is 0 Å². The van der Waals surface area contributed by atoms with E-state index in [0.29, 0.717) is 12.4 Å². The molecule has 0 radical (unpaired) electrons. The fourth-order valence-corrected chi connectivity index (χ4v) is 3.28. The lowest BCUT2D eigenvalue weighted by atomic mass is 10.2. The van der Waals surface area contributed by atoms with E-state index in [1.165, 1.54) is 12.1 Å². The third-order valence-corrected chi connectivity index (χ3v) is 4.70. The molecule has 1 aliphatic heterocycles. The Balaban J connectivity index is 1.44. The number of nitrogens with zero attached hydrogens (tertiary/aromatic N) is 1. The van der Waals surface area contributed by atoms with Gasteiger partial charge in [-0.15, -0.1) is 0 Å². The van der Waals surface area contributed by atoms with Gasteiger partial charge in [-0.3, -0.25) is 9.69 Å². The molecule has 144 valence electrons. The van der Waals surface area contributed by atoms with Gasteiger partial charge in [0.25, 0.3) is 0 Å². The predicted molar refractivity (Wildman–Crippen MR) is 103 cm³/mol. The van der Waals surface area contributed by atoms with Gasteiger partial charge in [0.05, 0.1) is 19.8 Å². The Hall–Kier alpha value is -2.60. The van der Waals surface area contributed by atoms with Crippen LogP contribution < -0.4 is 14.8 Å². The topological polar surface area (TPSA) is 50.8 Å². The van der Waals surface area contributed by atoms with Crippen molar-refractivity contribution in [2.75, 3.05) is 32.1 Å². The predicted octanol–water partition coefficient (Wildman–Crippen LogP) is 3.71.